The molecule has 12 nitrogen and oxygen atoms in total. The number of nitriles is 1. The maximum atomic E-state index is 12.3. The highest BCUT2D eigenvalue weighted by Gasteiger charge is 2.21. The van der Waals surface area contributed by atoms with Crippen LogP contribution in [0.2, 0.25) is 0 Å². The van der Waals surface area contributed by atoms with Crippen molar-refractivity contribution in [2.75, 3.05) is 20.3 Å². The molecule has 0 fully saturated rings. The first-order chi connectivity index (χ1) is 15.2. The largest absolute Gasteiger partial charge is 0.423 e. The van der Waals surface area contributed by atoms with Crippen molar-refractivity contribution >= 4 is 29.3 Å². The first kappa shape index (κ1) is 23.6. The minimum absolute atomic E-state index is 0.0457. The van der Waals surface area contributed by atoms with Gasteiger partial charge in [-0.3, -0.25) is 25.0 Å². The number of non-ortho nitro benzene ring substituents is 2. The van der Waals surface area contributed by atoms with Crippen molar-refractivity contribution in [1.29, 1.82) is 5.26 Å². The predicted molar refractivity (Wildman–Crippen MR) is 110 cm³/mol. The molecule has 0 spiro atoms. The zero-order valence-electron chi connectivity index (χ0n) is 16.6. The third-order valence-electron chi connectivity index (χ3n) is 3.92. The molecule has 32 heavy (non-hydrogen) atoms. The quantitative estimate of drug-likeness (QED) is 0.117. The Hall–Kier alpha value is -4.63. The lowest BCUT2D eigenvalue weighted by Crippen LogP contribution is -2.27. The van der Waals surface area contributed by atoms with Crippen molar-refractivity contribution in [3.63, 3.8) is 0 Å². The maximum Gasteiger partial charge on any atom is 0.344 e. The number of hydrogen-bond donors (Lipinski definition) is 1. The van der Waals surface area contributed by atoms with E-state index in [2.05, 4.69) is 5.32 Å². The molecule has 1 amide bonds. The summed E-state index contributed by atoms with van der Waals surface area (Å²) in [5, 5.41) is 33.6. The Morgan fingerprint density at radius 2 is 1.69 bits per heavy atom. The molecule has 164 valence electrons. The Labute approximate surface area is 181 Å². The molecule has 0 aliphatic carbocycles. The van der Waals surface area contributed by atoms with Crippen molar-refractivity contribution in [3.8, 4) is 11.8 Å². The molecule has 0 aliphatic heterocycles. The molecule has 2 rings (SSSR count). The third kappa shape index (κ3) is 6.44. The highest BCUT2D eigenvalue weighted by molar-refractivity contribution is 6.01. The van der Waals surface area contributed by atoms with Crippen molar-refractivity contribution in [1.82, 2.24) is 5.32 Å². The van der Waals surface area contributed by atoms with Crippen molar-refractivity contribution in [2.45, 2.75) is 0 Å². The van der Waals surface area contributed by atoms with Gasteiger partial charge in [-0.2, -0.15) is 5.26 Å². The summed E-state index contributed by atoms with van der Waals surface area (Å²) in [4.78, 5) is 44.4. The van der Waals surface area contributed by atoms with Gasteiger partial charge in [0.05, 0.1) is 28.1 Å². The fourth-order valence-electron chi connectivity index (χ4n) is 2.40. The molecule has 0 saturated carbocycles. The fourth-order valence-corrected chi connectivity index (χ4v) is 2.40. The SMILES string of the molecule is COCCNC(=O)/C(C#N)=C/c1ccc(OC(=O)c2cc([N+](=O)[O-])cc([N+](=O)[O-])c2)cc1. The van der Waals surface area contributed by atoms with Gasteiger partial charge in [0.15, 0.2) is 0 Å². The van der Waals surface area contributed by atoms with E-state index in [1.54, 1.807) is 6.07 Å². The summed E-state index contributed by atoms with van der Waals surface area (Å²) in [5.74, 6) is -1.56. The predicted octanol–water partition coefficient (Wildman–Crippen LogP) is 2.39. The van der Waals surface area contributed by atoms with Crippen LogP contribution in [0.25, 0.3) is 6.08 Å². The van der Waals surface area contributed by atoms with E-state index in [1.165, 1.54) is 37.5 Å². The molecule has 12 heteroatoms. The first-order valence-electron chi connectivity index (χ1n) is 8.90. The van der Waals surface area contributed by atoms with Crippen LogP contribution in [-0.2, 0) is 9.53 Å². The molecule has 0 bridgehead atoms. The van der Waals surface area contributed by atoms with Crippen LogP contribution in [0.3, 0.4) is 0 Å². The van der Waals surface area contributed by atoms with E-state index >= 15 is 0 Å². The summed E-state index contributed by atoms with van der Waals surface area (Å²) in [5.41, 5.74) is -1.29. The van der Waals surface area contributed by atoms with Gasteiger partial charge in [0.1, 0.15) is 17.4 Å². The van der Waals surface area contributed by atoms with E-state index in [9.17, 15) is 29.8 Å². The summed E-state index contributed by atoms with van der Waals surface area (Å²) in [7, 11) is 1.47. The van der Waals surface area contributed by atoms with Crippen LogP contribution >= 0.6 is 0 Å². The third-order valence-corrected chi connectivity index (χ3v) is 3.92. The van der Waals surface area contributed by atoms with Crippen LogP contribution in [0.1, 0.15) is 15.9 Å². The smallest absolute Gasteiger partial charge is 0.344 e. The van der Waals surface area contributed by atoms with E-state index in [1.807, 2.05) is 0 Å². The summed E-state index contributed by atoms with van der Waals surface area (Å²) < 4.78 is 9.92. The molecule has 0 unspecified atom stereocenters. The molecule has 0 aliphatic rings. The number of nitrogens with one attached hydrogen (secondary N) is 1. The number of carbonyl (C=O) groups is 2. The number of esters is 1. The Morgan fingerprint density at radius 1 is 1.09 bits per heavy atom. The zero-order chi connectivity index (χ0) is 23.7. The number of hydrogen-bond acceptors (Lipinski definition) is 9. The number of methoxy groups -OCH3 is 1. The molecule has 0 saturated heterocycles. The normalized spacial score (nSPS) is 10.7. The van der Waals surface area contributed by atoms with Crippen LogP contribution in [0.5, 0.6) is 5.75 Å². The van der Waals surface area contributed by atoms with Crippen LogP contribution in [0.4, 0.5) is 11.4 Å². The average molecular weight is 440 g/mol. The lowest BCUT2D eigenvalue weighted by atomic mass is 10.1. The average Bonchev–Trinajstić information content (AvgIpc) is 2.78. The Morgan fingerprint density at radius 3 is 2.19 bits per heavy atom. The Balaban J connectivity index is 2.16. The van der Waals surface area contributed by atoms with E-state index in [-0.39, 0.29) is 30.0 Å². The summed E-state index contributed by atoms with van der Waals surface area (Å²) in [6.07, 6.45) is 1.33. The topological polar surface area (TPSA) is 175 Å². The maximum absolute atomic E-state index is 12.3. The second-order valence-electron chi connectivity index (χ2n) is 6.13. The van der Waals surface area contributed by atoms with E-state index in [0.29, 0.717) is 5.56 Å². The first-order valence-corrected chi connectivity index (χ1v) is 8.90. The highest BCUT2D eigenvalue weighted by Crippen LogP contribution is 2.24. The number of nitrogens with zero attached hydrogens (tertiary/aromatic N) is 3. The molecule has 2 aromatic carbocycles. The van der Waals surface area contributed by atoms with Gasteiger partial charge in [-0.1, -0.05) is 12.1 Å². The number of amides is 1. The number of nitro benzene ring substituents is 2. The molecule has 2 aromatic rings. The number of carbonyl (C=O) groups excluding carboxylic acids is 2. The molecule has 0 atom stereocenters. The lowest BCUT2D eigenvalue weighted by Gasteiger charge is -2.06. The van der Waals surface area contributed by atoms with Gasteiger partial charge in [-0.05, 0) is 23.8 Å². The van der Waals surface area contributed by atoms with Gasteiger partial charge in [-0.15, -0.1) is 0 Å². The van der Waals surface area contributed by atoms with Crippen molar-refractivity contribution in [2.24, 2.45) is 0 Å². The van der Waals surface area contributed by atoms with Gasteiger partial charge in [0, 0.05) is 25.8 Å². The molecular weight excluding hydrogens is 424 g/mol. The van der Waals surface area contributed by atoms with Crippen molar-refractivity contribution < 1.29 is 28.9 Å². The number of nitro groups is 2. The van der Waals surface area contributed by atoms with E-state index in [0.717, 1.165) is 18.2 Å². The number of rotatable bonds is 9. The van der Waals surface area contributed by atoms with Crippen LogP contribution in [-0.4, -0.2) is 42.0 Å². The number of benzene rings is 2. The van der Waals surface area contributed by atoms with Crippen LogP contribution < -0.4 is 10.1 Å². The van der Waals surface area contributed by atoms with Crippen molar-refractivity contribution in [3.05, 3.63) is 79.4 Å². The zero-order valence-corrected chi connectivity index (χ0v) is 16.6. The van der Waals surface area contributed by atoms with E-state index in [4.69, 9.17) is 14.7 Å². The van der Waals surface area contributed by atoms with Crippen LogP contribution in [0, 0.1) is 31.6 Å². The summed E-state index contributed by atoms with van der Waals surface area (Å²) >= 11 is 0. The monoisotopic (exact) mass is 440 g/mol. The highest BCUT2D eigenvalue weighted by atomic mass is 16.6. The van der Waals surface area contributed by atoms with Crippen LogP contribution in [0.15, 0.2) is 48.0 Å². The fraction of sp³-hybridized carbons (Fsp3) is 0.150. The molecule has 1 N–H and O–H groups in total. The van der Waals surface area contributed by atoms with Gasteiger partial charge >= 0.3 is 5.97 Å². The standard InChI is InChI=1S/C20H16N4O8/c1-31-7-6-22-19(25)15(12-21)8-13-2-4-18(5-3-13)32-20(26)14-9-16(23(27)28)11-17(10-14)24(29)30/h2-5,8-11H,6-7H2,1H3,(H,22,25)/b15-8+. The second kappa shape index (κ2) is 11.0. The van der Waals surface area contributed by atoms with Gasteiger partial charge in [-0.25, -0.2) is 4.79 Å². The Bertz CT molecular complexity index is 1090. The lowest BCUT2D eigenvalue weighted by molar-refractivity contribution is -0.394. The molecule has 0 aromatic heterocycles. The van der Waals surface area contributed by atoms with Gasteiger partial charge < -0.3 is 14.8 Å². The minimum atomic E-state index is -1.03. The second-order valence-corrected chi connectivity index (χ2v) is 6.13. The molecule has 0 heterocycles. The minimum Gasteiger partial charge on any atom is -0.423 e. The van der Waals surface area contributed by atoms with E-state index < -0.39 is 33.1 Å². The van der Waals surface area contributed by atoms with Gasteiger partial charge in [0.25, 0.3) is 17.3 Å². The summed E-state index contributed by atoms with van der Waals surface area (Å²) in [6.45, 7) is 0.525. The van der Waals surface area contributed by atoms with Gasteiger partial charge in [0.2, 0.25) is 0 Å². The number of ether oxygens (including phenoxy) is 2. The molecule has 0 radical (unpaired) electrons. The summed E-state index contributed by atoms with van der Waals surface area (Å²) in [6, 6.07) is 9.93. The Kier molecular flexibility index (Phi) is 8.09. The molecular formula is C20H16N4O8.